The van der Waals surface area contributed by atoms with Crippen LogP contribution < -0.4 is 5.73 Å². The molecular weight excluding hydrogens is 220 g/mol. The fourth-order valence-electron chi connectivity index (χ4n) is 1.45. The van der Waals surface area contributed by atoms with Gasteiger partial charge in [-0.1, -0.05) is 6.07 Å². The third kappa shape index (κ3) is 2.86. The largest absolute Gasteiger partial charge is 0.397 e. The van der Waals surface area contributed by atoms with Gasteiger partial charge in [-0.2, -0.15) is 0 Å². The minimum absolute atomic E-state index is 0.0176. The van der Waals surface area contributed by atoms with E-state index in [0.29, 0.717) is 42.2 Å². The monoisotopic (exact) mass is 234 g/mol. The van der Waals surface area contributed by atoms with Gasteiger partial charge in [-0.15, -0.1) is 10.2 Å². The summed E-state index contributed by atoms with van der Waals surface area (Å²) in [6.45, 7) is 0.799. The molecule has 90 valence electrons. The minimum Gasteiger partial charge on any atom is -0.397 e. The van der Waals surface area contributed by atoms with Crippen molar-refractivity contribution in [2.45, 2.75) is 6.42 Å². The van der Waals surface area contributed by atoms with Gasteiger partial charge in [0.1, 0.15) is 11.0 Å². The standard InChI is InChI=1S/C11H14N4O2/c12-8-2-1-3-9-11(8)13-10(15-14-9)4-6-17-7-5-16/h1-3,16H,4-7,12H2. The fourth-order valence-corrected chi connectivity index (χ4v) is 1.45. The van der Waals surface area contributed by atoms with E-state index in [9.17, 15) is 0 Å². The fraction of sp³-hybridized carbons (Fsp3) is 0.364. The third-order valence-electron chi connectivity index (χ3n) is 2.27. The van der Waals surface area contributed by atoms with Crippen molar-refractivity contribution in [1.29, 1.82) is 0 Å². The number of hydrogen-bond acceptors (Lipinski definition) is 6. The molecule has 1 heterocycles. The van der Waals surface area contributed by atoms with Crippen LogP contribution in [0.1, 0.15) is 5.82 Å². The van der Waals surface area contributed by atoms with Crippen molar-refractivity contribution in [3.8, 4) is 0 Å². The first-order valence-corrected chi connectivity index (χ1v) is 5.37. The first kappa shape index (κ1) is 11.7. The third-order valence-corrected chi connectivity index (χ3v) is 2.27. The highest BCUT2D eigenvalue weighted by molar-refractivity contribution is 5.85. The molecule has 0 bridgehead atoms. The van der Waals surface area contributed by atoms with Crippen LogP contribution in [-0.2, 0) is 11.2 Å². The summed E-state index contributed by atoms with van der Waals surface area (Å²) < 4.78 is 5.14. The molecule has 0 aliphatic carbocycles. The molecule has 3 N–H and O–H groups in total. The molecule has 0 aliphatic heterocycles. The molecule has 2 rings (SSSR count). The summed E-state index contributed by atoms with van der Waals surface area (Å²) in [5.41, 5.74) is 7.75. The van der Waals surface area contributed by atoms with Crippen LogP contribution in [0.2, 0.25) is 0 Å². The van der Waals surface area contributed by atoms with Crippen LogP contribution in [0, 0.1) is 0 Å². The second kappa shape index (κ2) is 5.51. The number of rotatable bonds is 5. The van der Waals surface area contributed by atoms with Crippen LogP contribution in [0.25, 0.3) is 11.0 Å². The zero-order valence-corrected chi connectivity index (χ0v) is 9.33. The number of benzene rings is 1. The van der Waals surface area contributed by atoms with E-state index in [1.54, 1.807) is 6.07 Å². The maximum absolute atomic E-state index is 8.56. The van der Waals surface area contributed by atoms with E-state index in [-0.39, 0.29) is 6.61 Å². The summed E-state index contributed by atoms with van der Waals surface area (Å²) in [6.07, 6.45) is 0.553. The molecule has 6 heteroatoms. The Balaban J connectivity index is 2.11. The summed E-state index contributed by atoms with van der Waals surface area (Å²) in [6, 6.07) is 5.42. The molecule has 0 saturated carbocycles. The quantitative estimate of drug-likeness (QED) is 0.565. The van der Waals surface area contributed by atoms with Crippen LogP contribution >= 0.6 is 0 Å². The van der Waals surface area contributed by atoms with E-state index in [1.807, 2.05) is 12.1 Å². The first-order valence-electron chi connectivity index (χ1n) is 5.37. The molecule has 17 heavy (non-hydrogen) atoms. The number of hydrogen-bond donors (Lipinski definition) is 2. The predicted molar refractivity (Wildman–Crippen MR) is 63.4 cm³/mol. The average molecular weight is 234 g/mol. The number of nitrogens with two attached hydrogens (primary N) is 1. The number of fused-ring (bicyclic) bond motifs is 1. The molecule has 0 aliphatic rings. The Morgan fingerprint density at radius 1 is 1.24 bits per heavy atom. The molecule has 0 amide bonds. The van der Waals surface area contributed by atoms with Gasteiger partial charge in [0, 0.05) is 6.42 Å². The molecule has 0 atom stereocenters. The van der Waals surface area contributed by atoms with Crippen molar-refractivity contribution in [2.24, 2.45) is 0 Å². The van der Waals surface area contributed by atoms with Crippen molar-refractivity contribution in [2.75, 3.05) is 25.6 Å². The van der Waals surface area contributed by atoms with Gasteiger partial charge < -0.3 is 15.6 Å². The second-order valence-electron chi connectivity index (χ2n) is 3.53. The Kier molecular flexibility index (Phi) is 3.79. The molecule has 0 unspecified atom stereocenters. The van der Waals surface area contributed by atoms with Crippen molar-refractivity contribution < 1.29 is 9.84 Å². The van der Waals surface area contributed by atoms with Crippen LogP contribution in [-0.4, -0.2) is 40.1 Å². The molecule has 1 aromatic heterocycles. The maximum Gasteiger partial charge on any atom is 0.154 e. The molecule has 0 saturated heterocycles. The normalized spacial score (nSPS) is 10.9. The summed E-state index contributed by atoms with van der Waals surface area (Å²) in [7, 11) is 0. The number of para-hydroxylation sites is 1. The number of anilines is 1. The molecule has 2 aromatic rings. The van der Waals surface area contributed by atoms with Crippen LogP contribution in [0.4, 0.5) is 5.69 Å². The lowest BCUT2D eigenvalue weighted by Gasteiger charge is -2.03. The highest BCUT2D eigenvalue weighted by Crippen LogP contribution is 2.15. The van der Waals surface area contributed by atoms with Gasteiger partial charge in [0.15, 0.2) is 5.82 Å². The van der Waals surface area contributed by atoms with Crippen LogP contribution in [0.15, 0.2) is 18.2 Å². The van der Waals surface area contributed by atoms with Gasteiger partial charge in [0.25, 0.3) is 0 Å². The Morgan fingerprint density at radius 2 is 2.12 bits per heavy atom. The molecule has 0 spiro atoms. The second-order valence-corrected chi connectivity index (χ2v) is 3.53. The van der Waals surface area contributed by atoms with Gasteiger partial charge in [-0.25, -0.2) is 4.98 Å². The maximum atomic E-state index is 8.56. The average Bonchev–Trinajstić information content (AvgIpc) is 2.36. The molecule has 1 aromatic carbocycles. The van der Waals surface area contributed by atoms with Crippen molar-refractivity contribution in [3.05, 3.63) is 24.0 Å². The van der Waals surface area contributed by atoms with Gasteiger partial charge in [-0.05, 0) is 12.1 Å². The Bertz CT molecular complexity index is 504. The summed E-state index contributed by atoms with van der Waals surface area (Å²) >= 11 is 0. The van der Waals surface area contributed by atoms with E-state index in [2.05, 4.69) is 15.2 Å². The lowest BCUT2D eigenvalue weighted by molar-refractivity contribution is 0.0935. The SMILES string of the molecule is Nc1cccc2nnc(CCOCCO)nc12. The Morgan fingerprint density at radius 3 is 2.94 bits per heavy atom. The first-order chi connectivity index (χ1) is 8.31. The number of nitrogen functional groups attached to an aromatic ring is 1. The van der Waals surface area contributed by atoms with E-state index >= 15 is 0 Å². The summed E-state index contributed by atoms with van der Waals surface area (Å²) in [4.78, 5) is 4.33. The zero-order valence-electron chi connectivity index (χ0n) is 9.33. The van der Waals surface area contributed by atoms with Crippen LogP contribution in [0.3, 0.4) is 0 Å². The number of ether oxygens (including phenoxy) is 1. The smallest absolute Gasteiger partial charge is 0.154 e. The van der Waals surface area contributed by atoms with Crippen molar-refractivity contribution in [3.63, 3.8) is 0 Å². The number of nitrogens with zero attached hydrogens (tertiary/aromatic N) is 3. The molecule has 0 fully saturated rings. The zero-order chi connectivity index (χ0) is 12.1. The Hall–Kier alpha value is -1.79. The number of aromatic nitrogens is 3. The van der Waals surface area contributed by atoms with Crippen LogP contribution in [0.5, 0.6) is 0 Å². The lowest BCUT2D eigenvalue weighted by atomic mass is 10.2. The van der Waals surface area contributed by atoms with E-state index < -0.39 is 0 Å². The van der Waals surface area contributed by atoms with E-state index in [4.69, 9.17) is 15.6 Å². The van der Waals surface area contributed by atoms with Gasteiger partial charge in [0.2, 0.25) is 0 Å². The van der Waals surface area contributed by atoms with E-state index in [1.165, 1.54) is 0 Å². The topological polar surface area (TPSA) is 94.2 Å². The molecular formula is C11H14N4O2. The van der Waals surface area contributed by atoms with Gasteiger partial charge >= 0.3 is 0 Å². The highest BCUT2D eigenvalue weighted by atomic mass is 16.5. The Labute approximate surface area is 98.4 Å². The number of aliphatic hydroxyl groups excluding tert-OH is 1. The lowest BCUT2D eigenvalue weighted by Crippen LogP contribution is -2.07. The highest BCUT2D eigenvalue weighted by Gasteiger charge is 2.04. The number of aliphatic hydroxyl groups is 1. The van der Waals surface area contributed by atoms with Gasteiger partial charge in [-0.3, -0.25) is 0 Å². The summed E-state index contributed by atoms with van der Waals surface area (Å²) in [5.74, 6) is 0.591. The van der Waals surface area contributed by atoms with E-state index in [0.717, 1.165) is 0 Å². The van der Waals surface area contributed by atoms with Crippen molar-refractivity contribution in [1.82, 2.24) is 15.2 Å². The summed E-state index contributed by atoms with van der Waals surface area (Å²) in [5, 5.41) is 16.6. The predicted octanol–water partition coefficient (Wildman–Crippen LogP) is 0.158. The van der Waals surface area contributed by atoms with Crippen molar-refractivity contribution >= 4 is 16.7 Å². The van der Waals surface area contributed by atoms with Gasteiger partial charge in [0.05, 0.1) is 25.5 Å². The molecule has 0 radical (unpaired) electrons. The minimum atomic E-state index is 0.0176. The molecule has 6 nitrogen and oxygen atoms in total.